The van der Waals surface area contributed by atoms with Crippen molar-refractivity contribution in [3.05, 3.63) is 40.7 Å². The van der Waals surface area contributed by atoms with E-state index in [0.717, 1.165) is 37.7 Å². The fourth-order valence-electron chi connectivity index (χ4n) is 4.83. The van der Waals surface area contributed by atoms with Gasteiger partial charge in [-0.25, -0.2) is 19.6 Å². The molecule has 3 amide bonds. The molecule has 2 N–H and O–H groups in total. The number of aldehydes is 1. The molecule has 0 aromatic carbocycles. The number of amides is 3. The molecule has 1 spiro atoms. The maximum Gasteiger partial charge on any atom is 0.410 e. The molecule has 4 heterocycles. The maximum absolute atomic E-state index is 13.2. The molecule has 3 aliphatic rings. The summed E-state index contributed by atoms with van der Waals surface area (Å²) in [6, 6.07) is 5.21. The smallest absolute Gasteiger partial charge is 0.410 e. The number of pyridine rings is 2. The largest absolute Gasteiger partial charge is 0.447 e. The summed E-state index contributed by atoms with van der Waals surface area (Å²) in [5.41, 5.74) is 2.45. The van der Waals surface area contributed by atoms with Crippen LogP contribution in [0.3, 0.4) is 0 Å². The van der Waals surface area contributed by atoms with Gasteiger partial charge in [-0.1, -0.05) is 13.3 Å². The number of hydrogen-bond donors (Lipinski definition) is 2. The van der Waals surface area contributed by atoms with Crippen LogP contribution in [0.25, 0.3) is 0 Å². The van der Waals surface area contributed by atoms with Crippen LogP contribution in [0.4, 0.5) is 26.9 Å². The summed E-state index contributed by atoms with van der Waals surface area (Å²) in [6.07, 6.45) is 6.89. The number of aryl methyl sites for hydroxylation is 1. The highest BCUT2D eigenvalue weighted by Gasteiger charge is 2.56. The van der Waals surface area contributed by atoms with E-state index in [2.05, 4.69) is 33.6 Å². The zero-order valence-corrected chi connectivity index (χ0v) is 20.7. The van der Waals surface area contributed by atoms with Gasteiger partial charge in [-0.3, -0.25) is 19.9 Å². The van der Waals surface area contributed by atoms with Gasteiger partial charge in [0.05, 0.1) is 23.3 Å². The van der Waals surface area contributed by atoms with Gasteiger partial charge in [-0.2, -0.15) is 5.26 Å². The molecule has 0 atom stereocenters. The molecule has 2 aliphatic heterocycles. The Bertz CT molecular complexity index is 1280. The molecule has 1 saturated carbocycles. The Labute approximate surface area is 214 Å². The summed E-state index contributed by atoms with van der Waals surface area (Å²) in [6.45, 7) is 3.86. The summed E-state index contributed by atoms with van der Waals surface area (Å²) < 4.78 is 5.25. The lowest BCUT2D eigenvalue weighted by molar-refractivity contribution is 0.111. The van der Waals surface area contributed by atoms with Crippen LogP contribution in [0, 0.1) is 11.3 Å². The molecule has 1 saturated heterocycles. The van der Waals surface area contributed by atoms with Gasteiger partial charge >= 0.3 is 12.1 Å². The number of cyclic esters (lactones) is 1. The molecule has 2 fully saturated rings. The molecule has 2 aromatic rings. The number of nitriles is 1. The van der Waals surface area contributed by atoms with E-state index in [1.165, 1.54) is 11.1 Å². The Balaban J connectivity index is 1.36. The molecule has 11 nitrogen and oxygen atoms in total. The average Bonchev–Trinajstić information content (AvgIpc) is 3.64. The molecule has 37 heavy (non-hydrogen) atoms. The summed E-state index contributed by atoms with van der Waals surface area (Å²) in [5.74, 6) is 0.735. The third-order valence-corrected chi connectivity index (χ3v) is 7.15. The van der Waals surface area contributed by atoms with Gasteiger partial charge in [-0.15, -0.1) is 0 Å². The molecule has 2 aromatic heterocycles. The lowest BCUT2D eigenvalue weighted by Crippen LogP contribution is -2.40. The van der Waals surface area contributed by atoms with E-state index in [-0.39, 0.29) is 23.9 Å². The minimum Gasteiger partial charge on any atom is -0.447 e. The van der Waals surface area contributed by atoms with Crippen LogP contribution in [0.5, 0.6) is 0 Å². The Morgan fingerprint density at radius 2 is 2.19 bits per heavy atom. The summed E-state index contributed by atoms with van der Waals surface area (Å²) in [5, 5.41) is 15.4. The quantitative estimate of drug-likeness (QED) is 0.409. The summed E-state index contributed by atoms with van der Waals surface area (Å²) in [4.78, 5) is 49.5. The van der Waals surface area contributed by atoms with Gasteiger partial charge < -0.3 is 10.1 Å². The van der Waals surface area contributed by atoms with E-state index >= 15 is 0 Å². The lowest BCUT2D eigenvalue weighted by atomic mass is 10.0. The molecule has 0 radical (unpaired) electrons. The van der Waals surface area contributed by atoms with Crippen molar-refractivity contribution in [2.24, 2.45) is 0 Å². The van der Waals surface area contributed by atoms with Crippen molar-refractivity contribution in [2.45, 2.75) is 57.5 Å². The van der Waals surface area contributed by atoms with Gasteiger partial charge in [0, 0.05) is 30.9 Å². The number of unbranched alkanes of at least 4 members (excludes halogenated alkanes) is 1. The Morgan fingerprint density at radius 3 is 2.92 bits per heavy atom. The van der Waals surface area contributed by atoms with Crippen LogP contribution in [-0.4, -0.2) is 58.5 Å². The number of carbonyl (C=O) groups excluding carboxylic acids is 3. The van der Waals surface area contributed by atoms with Crippen molar-refractivity contribution in [1.82, 2.24) is 14.9 Å². The second-order valence-electron chi connectivity index (χ2n) is 9.69. The Morgan fingerprint density at radius 1 is 1.35 bits per heavy atom. The van der Waals surface area contributed by atoms with Gasteiger partial charge in [0.15, 0.2) is 6.29 Å². The predicted octanol–water partition coefficient (Wildman–Crippen LogP) is 3.84. The molecule has 0 unspecified atom stereocenters. The van der Waals surface area contributed by atoms with E-state index in [0.29, 0.717) is 60.9 Å². The van der Waals surface area contributed by atoms with Crippen molar-refractivity contribution in [3.63, 3.8) is 0 Å². The van der Waals surface area contributed by atoms with Crippen molar-refractivity contribution < 1.29 is 19.1 Å². The first-order valence-corrected chi connectivity index (χ1v) is 12.6. The van der Waals surface area contributed by atoms with Gasteiger partial charge in [0.1, 0.15) is 30.0 Å². The molecule has 1 aliphatic carbocycles. The third-order valence-electron chi connectivity index (χ3n) is 7.15. The van der Waals surface area contributed by atoms with E-state index in [4.69, 9.17) is 4.74 Å². The number of nitrogens with one attached hydrogen (secondary N) is 2. The zero-order chi connectivity index (χ0) is 26.0. The minimum atomic E-state index is -0.421. The topological polar surface area (TPSA) is 141 Å². The highest BCUT2D eigenvalue weighted by atomic mass is 16.6. The molecule has 5 rings (SSSR count). The normalized spacial score (nSPS) is 17.1. The number of aromatic nitrogens is 2. The number of urea groups is 1. The molecule has 0 bridgehead atoms. The highest BCUT2D eigenvalue weighted by Crippen LogP contribution is 2.46. The number of ether oxygens (including phenoxy) is 1. The van der Waals surface area contributed by atoms with Crippen LogP contribution >= 0.6 is 0 Å². The van der Waals surface area contributed by atoms with Crippen molar-refractivity contribution in [3.8, 4) is 6.07 Å². The summed E-state index contributed by atoms with van der Waals surface area (Å²) in [7, 11) is 0. The fraction of sp³-hybridized carbons (Fsp3) is 0.462. The van der Waals surface area contributed by atoms with Crippen molar-refractivity contribution in [2.75, 3.05) is 35.2 Å². The lowest BCUT2D eigenvalue weighted by Gasteiger charge is -2.30. The van der Waals surface area contributed by atoms with Crippen LogP contribution in [0.2, 0.25) is 0 Å². The van der Waals surface area contributed by atoms with Crippen LogP contribution in [-0.2, 0) is 17.7 Å². The average molecular weight is 504 g/mol. The van der Waals surface area contributed by atoms with Crippen molar-refractivity contribution in [1.29, 1.82) is 5.26 Å². The number of carbonyl (C=O) groups is 3. The SMILES string of the molecule is CCCCNc1cc(NC(=O)N2CCCc3cc(CN4C(=O)OCC45CC5)c(C=O)nc32)ncc1C#N. The number of hydrogen-bond acceptors (Lipinski definition) is 8. The van der Waals surface area contributed by atoms with Crippen LogP contribution in [0.15, 0.2) is 18.3 Å². The van der Waals surface area contributed by atoms with Crippen LogP contribution < -0.4 is 15.5 Å². The molecule has 192 valence electrons. The number of nitrogens with zero attached hydrogens (tertiary/aromatic N) is 5. The van der Waals surface area contributed by atoms with E-state index in [1.807, 2.05) is 6.07 Å². The van der Waals surface area contributed by atoms with Crippen LogP contribution in [0.1, 0.15) is 66.2 Å². The molecular formula is C26H29N7O4. The van der Waals surface area contributed by atoms with E-state index in [1.54, 1.807) is 11.0 Å². The standard InChI is InChI=1S/C26H29N7O4/c1-2-3-8-28-20-11-22(29-13-19(20)12-27)31-24(35)32-9-4-5-17-10-18(21(15-34)30-23(17)32)14-33-25(36)37-16-26(33)6-7-26/h10-11,13,15H,2-9,14,16H2,1H3,(H2,28,29,31,35). The Hall–Kier alpha value is -4.20. The van der Waals surface area contributed by atoms with Gasteiger partial charge in [-0.05, 0) is 43.7 Å². The summed E-state index contributed by atoms with van der Waals surface area (Å²) >= 11 is 0. The number of fused-ring (bicyclic) bond motifs is 1. The fourth-order valence-corrected chi connectivity index (χ4v) is 4.83. The molecule has 11 heteroatoms. The number of rotatable bonds is 8. The monoisotopic (exact) mass is 503 g/mol. The van der Waals surface area contributed by atoms with Crippen molar-refractivity contribution >= 4 is 35.7 Å². The van der Waals surface area contributed by atoms with E-state index < -0.39 is 6.03 Å². The van der Waals surface area contributed by atoms with Gasteiger partial charge in [0.25, 0.3) is 0 Å². The maximum atomic E-state index is 13.2. The van der Waals surface area contributed by atoms with E-state index in [9.17, 15) is 19.6 Å². The second-order valence-corrected chi connectivity index (χ2v) is 9.69. The first-order valence-electron chi connectivity index (χ1n) is 12.6. The molecular weight excluding hydrogens is 474 g/mol. The zero-order valence-electron chi connectivity index (χ0n) is 20.7. The predicted molar refractivity (Wildman–Crippen MR) is 136 cm³/mol. The minimum absolute atomic E-state index is 0.202. The van der Waals surface area contributed by atoms with Gasteiger partial charge in [0.2, 0.25) is 0 Å². The third kappa shape index (κ3) is 4.79. The second kappa shape index (κ2) is 10.0. The highest BCUT2D eigenvalue weighted by molar-refractivity contribution is 6.01. The Kier molecular flexibility index (Phi) is 6.65. The number of anilines is 3. The first-order chi connectivity index (χ1) is 18.0. The first kappa shape index (κ1) is 24.5.